The first kappa shape index (κ1) is 24.6. The van der Waals surface area contributed by atoms with Crippen LogP contribution in [-0.2, 0) is 25.9 Å². The minimum absolute atomic E-state index is 0. The smallest absolute Gasteiger partial charge is 0.155 e. The normalized spacial score (nSPS) is 13.7. The molecule has 0 fully saturated rings. The number of aliphatic hydroxyl groups is 1. The van der Waals surface area contributed by atoms with Gasteiger partial charge in [-0.15, -0.1) is 0 Å². The van der Waals surface area contributed by atoms with Gasteiger partial charge in [0, 0.05) is 33.3 Å². The Morgan fingerprint density at radius 3 is 2.17 bits per heavy atom. The summed E-state index contributed by atoms with van der Waals surface area (Å²) in [6.45, 7) is 2.85. The summed E-state index contributed by atoms with van der Waals surface area (Å²) in [7, 11) is -2.34. The molecule has 3 nitrogen and oxygen atoms in total. The molecule has 3 aromatic carbocycles. The van der Waals surface area contributed by atoms with Gasteiger partial charge in [0.25, 0.3) is 0 Å². The molecule has 180 valence electrons. The van der Waals surface area contributed by atoms with Crippen molar-refractivity contribution in [1.82, 2.24) is 4.98 Å². The zero-order valence-electron chi connectivity index (χ0n) is 19.7. The third-order valence-corrected chi connectivity index (χ3v) is 13.3. The van der Waals surface area contributed by atoms with Crippen LogP contribution in [0.25, 0.3) is 33.2 Å². The molecule has 2 aromatic heterocycles. The van der Waals surface area contributed by atoms with E-state index in [2.05, 4.69) is 84.2 Å². The van der Waals surface area contributed by atoms with Crippen LogP contribution in [0.5, 0.6) is 0 Å². The third-order valence-electron chi connectivity index (χ3n) is 6.72. The van der Waals surface area contributed by atoms with E-state index in [1.54, 1.807) is 0 Å². The SMILES string of the molecule is CC(=O)/C=C(/C)O.[Pt].[c-]1csc2c1-c1ncc3ccccc3c1[Si]21c2ccccc2-c2ccccc21. The molecule has 4 heterocycles. The minimum Gasteiger partial charge on any atom is -0.512 e. The Labute approximate surface area is 229 Å². The molecule has 1 spiro atoms. The van der Waals surface area contributed by atoms with E-state index in [1.807, 2.05) is 17.5 Å². The Hall–Kier alpha value is -3.11. The number of nitrogens with zero attached hydrogens (tertiary/aromatic N) is 1. The number of thiophene rings is 1. The van der Waals surface area contributed by atoms with Gasteiger partial charge in [0.2, 0.25) is 0 Å². The van der Waals surface area contributed by atoms with Gasteiger partial charge in [-0.25, -0.2) is 11.3 Å². The molecular formula is C30H22NO2PtSSi-. The predicted molar refractivity (Wildman–Crippen MR) is 147 cm³/mol. The van der Waals surface area contributed by atoms with E-state index in [0.717, 1.165) is 5.69 Å². The Morgan fingerprint density at radius 2 is 1.56 bits per heavy atom. The summed E-state index contributed by atoms with van der Waals surface area (Å²) in [6, 6.07) is 30.3. The van der Waals surface area contributed by atoms with E-state index in [-0.39, 0.29) is 32.6 Å². The second kappa shape index (κ2) is 9.40. The first-order chi connectivity index (χ1) is 17.0. The summed E-state index contributed by atoms with van der Waals surface area (Å²) in [5, 5.41) is 17.5. The summed E-state index contributed by atoms with van der Waals surface area (Å²) >= 11 is 1.87. The van der Waals surface area contributed by atoms with E-state index in [0.29, 0.717) is 0 Å². The van der Waals surface area contributed by atoms with Gasteiger partial charge in [0.1, 0.15) is 8.07 Å². The van der Waals surface area contributed by atoms with Crippen molar-refractivity contribution >= 4 is 56.0 Å². The second-order valence-electron chi connectivity index (χ2n) is 8.89. The molecular weight excluding hydrogens is 662 g/mol. The standard InChI is InChI=1S/C25H14NSSi.C5H8O2.Pt/c1-2-8-17-16(7-1)15-26-23-20-13-14-27-25(20)28(24(17)23)21-11-5-3-9-18(21)19-10-4-6-12-22(19)28;1-4(6)3-5(2)7;/h1-12,14-15H;3,6H,1-2H3;/q-1;;/b;4-3-;. The largest absolute Gasteiger partial charge is 0.512 e. The molecule has 0 bridgehead atoms. The van der Waals surface area contributed by atoms with Crippen molar-refractivity contribution in [1.29, 1.82) is 0 Å². The zero-order valence-corrected chi connectivity index (χ0v) is 23.8. The summed E-state index contributed by atoms with van der Waals surface area (Å²) in [5.74, 6) is -0.0625. The minimum atomic E-state index is -2.34. The summed E-state index contributed by atoms with van der Waals surface area (Å²) < 4.78 is 1.49. The molecule has 0 aliphatic carbocycles. The number of carbonyl (C=O) groups excluding carboxylic acids is 1. The quantitative estimate of drug-likeness (QED) is 0.120. The van der Waals surface area contributed by atoms with Crippen LogP contribution in [-0.4, -0.2) is 23.9 Å². The number of hydrogen-bond donors (Lipinski definition) is 1. The van der Waals surface area contributed by atoms with Crippen molar-refractivity contribution in [2.24, 2.45) is 0 Å². The number of aliphatic hydroxyl groups excluding tert-OH is 1. The molecule has 7 rings (SSSR count). The number of pyridine rings is 1. The van der Waals surface area contributed by atoms with Gasteiger partial charge < -0.3 is 10.1 Å². The molecule has 0 radical (unpaired) electrons. The van der Waals surface area contributed by atoms with Gasteiger partial charge in [0.15, 0.2) is 5.78 Å². The van der Waals surface area contributed by atoms with Crippen LogP contribution in [0.4, 0.5) is 0 Å². The van der Waals surface area contributed by atoms with Crippen LogP contribution in [0.1, 0.15) is 13.8 Å². The van der Waals surface area contributed by atoms with Crippen LogP contribution >= 0.6 is 11.3 Å². The molecule has 2 aliphatic heterocycles. The summed E-state index contributed by atoms with van der Waals surface area (Å²) in [5.41, 5.74) is 5.16. The van der Waals surface area contributed by atoms with E-state index in [1.165, 1.54) is 67.4 Å². The Bertz CT molecular complexity index is 1620. The maximum absolute atomic E-state index is 10.0. The van der Waals surface area contributed by atoms with Crippen LogP contribution in [0.15, 0.2) is 96.2 Å². The van der Waals surface area contributed by atoms with E-state index in [9.17, 15) is 4.79 Å². The first-order valence-electron chi connectivity index (χ1n) is 11.5. The van der Waals surface area contributed by atoms with E-state index < -0.39 is 8.07 Å². The monoisotopic (exact) mass is 683 g/mol. The molecule has 36 heavy (non-hydrogen) atoms. The first-order valence-corrected chi connectivity index (χ1v) is 14.4. The fourth-order valence-corrected chi connectivity index (χ4v) is 13.3. The van der Waals surface area contributed by atoms with Gasteiger partial charge >= 0.3 is 0 Å². The van der Waals surface area contributed by atoms with Crippen molar-refractivity contribution in [3.63, 3.8) is 0 Å². The van der Waals surface area contributed by atoms with Crippen LogP contribution in [0.3, 0.4) is 0 Å². The number of carbonyl (C=O) groups is 1. The maximum atomic E-state index is 10.0. The molecule has 2 aliphatic rings. The molecule has 6 heteroatoms. The molecule has 0 amide bonds. The van der Waals surface area contributed by atoms with Crippen molar-refractivity contribution in [2.75, 3.05) is 0 Å². The van der Waals surface area contributed by atoms with E-state index in [4.69, 9.17) is 10.1 Å². The van der Waals surface area contributed by atoms with Crippen molar-refractivity contribution in [2.45, 2.75) is 13.8 Å². The Balaban J connectivity index is 0.000000297. The van der Waals surface area contributed by atoms with Crippen LogP contribution in [0.2, 0.25) is 0 Å². The average Bonchev–Trinajstić information content (AvgIpc) is 3.52. The summed E-state index contributed by atoms with van der Waals surface area (Å²) in [6.07, 6.45) is 3.20. The Morgan fingerprint density at radius 1 is 0.944 bits per heavy atom. The Kier molecular flexibility index (Phi) is 6.42. The number of allylic oxidation sites excluding steroid dienone is 2. The maximum Gasteiger partial charge on any atom is 0.155 e. The summed E-state index contributed by atoms with van der Waals surface area (Å²) in [4.78, 5) is 15.0. The number of hydrogen-bond acceptors (Lipinski definition) is 4. The third kappa shape index (κ3) is 3.49. The van der Waals surface area contributed by atoms with Crippen LogP contribution in [0, 0.1) is 6.07 Å². The fourth-order valence-electron chi connectivity index (χ4n) is 5.61. The molecule has 1 N–H and O–H groups in total. The van der Waals surface area contributed by atoms with Gasteiger partial charge in [-0.1, -0.05) is 87.9 Å². The number of fused-ring (bicyclic) bond motifs is 12. The van der Waals surface area contributed by atoms with Crippen molar-refractivity contribution in [3.05, 3.63) is 102 Å². The fraction of sp³-hybridized carbons (Fsp3) is 0.0667. The number of ketones is 1. The van der Waals surface area contributed by atoms with E-state index >= 15 is 0 Å². The van der Waals surface area contributed by atoms with Gasteiger partial charge in [-0.3, -0.25) is 4.79 Å². The predicted octanol–water partition coefficient (Wildman–Crippen LogP) is 4.47. The van der Waals surface area contributed by atoms with Gasteiger partial charge in [-0.2, -0.15) is 11.6 Å². The topological polar surface area (TPSA) is 50.2 Å². The molecule has 0 atom stereocenters. The zero-order chi connectivity index (χ0) is 24.2. The van der Waals surface area contributed by atoms with Crippen molar-refractivity contribution in [3.8, 4) is 22.4 Å². The molecule has 0 saturated heterocycles. The molecule has 0 unspecified atom stereocenters. The van der Waals surface area contributed by atoms with Gasteiger partial charge in [0.05, 0.1) is 5.76 Å². The number of benzene rings is 3. The van der Waals surface area contributed by atoms with Crippen LogP contribution < -0.4 is 20.1 Å². The van der Waals surface area contributed by atoms with Gasteiger partial charge in [-0.05, 0) is 51.8 Å². The number of rotatable bonds is 1. The van der Waals surface area contributed by atoms with Crippen molar-refractivity contribution < 1.29 is 31.0 Å². The average molecular weight is 684 g/mol. The number of aromatic nitrogens is 1. The molecule has 0 saturated carbocycles. The second-order valence-corrected chi connectivity index (χ2v) is 13.7. The molecule has 5 aromatic rings.